The van der Waals surface area contributed by atoms with Crippen LogP contribution in [0.15, 0.2) is 83.3 Å². The van der Waals surface area contributed by atoms with E-state index in [1.807, 2.05) is 12.1 Å². The van der Waals surface area contributed by atoms with Crippen molar-refractivity contribution in [3.63, 3.8) is 0 Å². The summed E-state index contributed by atoms with van der Waals surface area (Å²) in [6.07, 6.45) is 0. The highest BCUT2D eigenvalue weighted by Gasteiger charge is 2.14. The minimum atomic E-state index is 0.944. The topological polar surface area (TPSA) is 13.1 Å². The molecule has 0 amide bonds. The Balaban J connectivity index is 2.00. The Labute approximate surface area is 140 Å². The van der Waals surface area contributed by atoms with Gasteiger partial charge < -0.3 is 4.42 Å². The summed E-state index contributed by atoms with van der Waals surface area (Å²) in [5.41, 5.74) is 5.70. The molecule has 0 unspecified atom stereocenters. The monoisotopic (exact) mass is 306 g/mol. The van der Waals surface area contributed by atoms with E-state index in [0.29, 0.717) is 0 Å². The van der Waals surface area contributed by atoms with Crippen molar-refractivity contribution < 1.29 is 4.42 Å². The molecule has 112 valence electrons. The first-order valence-corrected chi connectivity index (χ1v) is 8.21. The summed E-state index contributed by atoms with van der Waals surface area (Å²) in [6, 6.07) is 27.7. The SMILES string of the molecule is Bc1cccc(-c2cc3c4ccccc4oc3c3ccccc23)c1. The van der Waals surface area contributed by atoms with Crippen molar-refractivity contribution in [3.8, 4) is 11.1 Å². The van der Waals surface area contributed by atoms with Gasteiger partial charge in [0.2, 0.25) is 0 Å². The van der Waals surface area contributed by atoms with Crippen LogP contribution in [0.2, 0.25) is 0 Å². The Morgan fingerprint density at radius 3 is 2.21 bits per heavy atom. The first-order chi connectivity index (χ1) is 11.8. The van der Waals surface area contributed by atoms with E-state index in [0.717, 1.165) is 11.2 Å². The Bertz CT molecular complexity index is 1220. The quantitative estimate of drug-likeness (QED) is 0.410. The molecule has 1 aromatic heterocycles. The average Bonchev–Trinajstić information content (AvgIpc) is 3.00. The molecule has 0 saturated carbocycles. The third-order valence-corrected chi connectivity index (χ3v) is 4.71. The van der Waals surface area contributed by atoms with Gasteiger partial charge in [0.15, 0.2) is 0 Å². The summed E-state index contributed by atoms with van der Waals surface area (Å²) < 4.78 is 6.18. The van der Waals surface area contributed by atoms with Gasteiger partial charge in [-0.3, -0.25) is 0 Å². The zero-order chi connectivity index (χ0) is 16.1. The number of hydrogen-bond donors (Lipinski definition) is 0. The molecule has 0 aliphatic heterocycles. The largest absolute Gasteiger partial charge is 0.455 e. The van der Waals surface area contributed by atoms with Crippen LogP contribution in [0, 0.1) is 0 Å². The lowest BCUT2D eigenvalue weighted by atomic mass is 9.90. The smallest absolute Gasteiger partial charge is 0.143 e. The van der Waals surface area contributed by atoms with Gasteiger partial charge in [0.05, 0.1) is 0 Å². The summed E-state index contributed by atoms with van der Waals surface area (Å²) in [7, 11) is 2.14. The summed E-state index contributed by atoms with van der Waals surface area (Å²) >= 11 is 0. The number of hydrogen-bond acceptors (Lipinski definition) is 1. The molecule has 5 rings (SSSR count). The number of rotatable bonds is 1. The van der Waals surface area contributed by atoms with Gasteiger partial charge in [-0.2, -0.15) is 0 Å². The molecule has 0 saturated heterocycles. The van der Waals surface area contributed by atoms with Crippen molar-refractivity contribution in [2.24, 2.45) is 0 Å². The molecule has 1 nitrogen and oxygen atoms in total. The molecule has 0 aliphatic rings. The fourth-order valence-electron chi connectivity index (χ4n) is 3.60. The lowest BCUT2D eigenvalue weighted by Gasteiger charge is -2.09. The van der Waals surface area contributed by atoms with Crippen LogP contribution in [0.5, 0.6) is 0 Å². The predicted molar refractivity (Wildman–Crippen MR) is 105 cm³/mol. The maximum absolute atomic E-state index is 6.18. The van der Waals surface area contributed by atoms with Crippen LogP contribution >= 0.6 is 0 Å². The van der Waals surface area contributed by atoms with Gasteiger partial charge in [0.1, 0.15) is 19.0 Å². The summed E-state index contributed by atoms with van der Waals surface area (Å²) in [5.74, 6) is 0. The second kappa shape index (κ2) is 5.00. The summed E-state index contributed by atoms with van der Waals surface area (Å²) in [6.45, 7) is 0. The van der Waals surface area contributed by atoms with E-state index >= 15 is 0 Å². The molecule has 0 atom stereocenters. The first-order valence-electron chi connectivity index (χ1n) is 8.21. The highest BCUT2D eigenvalue weighted by atomic mass is 16.3. The van der Waals surface area contributed by atoms with Gasteiger partial charge >= 0.3 is 0 Å². The molecule has 24 heavy (non-hydrogen) atoms. The van der Waals surface area contributed by atoms with Gasteiger partial charge in [0, 0.05) is 16.2 Å². The molecule has 4 aromatic carbocycles. The Morgan fingerprint density at radius 2 is 1.38 bits per heavy atom. The molecule has 1 heterocycles. The van der Waals surface area contributed by atoms with E-state index < -0.39 is 0 Å². The van der Waals surface area contributed by atoms with Crippen LogP contribution < -0.4 is 5.46 Å². The van der Waals surface area contributed by atoms with E-state index in [1.54, 1.807) is 0 Å². The fourth-order valence-corrected chi connectivity index (χ4v) is 3.60. The lowest BCUT2D eigenvalue weighted by Crippen LogP contribution is -2.00. The van der Waals surface area contributed by atoms with Crippen LogP contribution in [0.25, 0.3) is 43.8 Å². The average molecular weight is 306 g/mol. The van der Waals surface area contributed by atoms with Crippen molar-refractivity contribution in [1.82, 2.24) is 0 Å². The van der Waals surface area contributed by atoms with Crippen LogP contribution in [0.4, 0.5) is 0 Å². The second-order valence-corrected chi connectivity index (χ2v) is 6.31. The third-order valence-electron chi connectivity index (χ3n) is 4.71. The van der Waals surface area contributed by atoms with E-state index in [-0.39, 0.29) is 0 Å². The minimum Gasteiger partial charge on any atom is -0.455 e. The molecular formula is C22H15BO. The van der Waals surface area contributed by atoms with Crippen molar-refractivity contribution in [1.29, 1.82) is 0 Å². The highest BCUT2D eigenvalue weighted by Crippen LogP contribution is 2.39. The Kier molecular flexibility index (Phi) is 2.80. The molecule has 0 fully saturated rings. The zero-order valence-electron chi connectivity index (χ0n) is 13.4. The van der Waals surface area contributed by atoms with Crippen molar-refractivity contribution in [2.75, 3.05) is 0 Å². The third kappa shape index (κ3) is 1.90. The molecule has 0 bridgehead atoms. The highest BCUT2D eigenvalue weighted by molar-refractivity contribution is 6.32. The summed E-state index contributed by atoms with van der Waals surface area (Å²) in [5, 5.41) is 4.75. The van der Waals surface area contributed by atoms with E-state index in [2.05, 4.69) is 74.6 Å². The first kappa shape index (κ1) is 13.4. The maximum atomic E-state index is 6.18. The molecule has 0 N–H and O–H groups in total. The van der Waals surface area contributed by atoms with Crippen LogP contribution in [0.3, 0.4) is 0 Å². The molecule has 5 aromatic rings. The standard InChI is InChI=1S/C22H15BO/c23-15-7-5-6-14(12-15)19-13-20-17-9-3-4-11-21(17)24-22(20)18-10-2-1-8-16(18)19/h1-13H,23H2. The summed E-state index contributed by atoms with van der Waals surface area (Å²) in [4.78, 5) is 0. The van der Waals surface area contributed by atoms with Crippen molar-refractivity contribution in [3.05, 3.63) is 78.9 Å². The molecule has 0 spiro atoms. The lowest BCUT2D eigenvalue weighted by molar-refractivity contribution is 0.672. The zero-order valence-corrected chi connectivity index (χ0v) is 13.4. The van der Waals surface area contributed by atoms with Gasteiger partial charge in [-0.1, -0.05) is 72.2 Å². The Hall–Kier alpha value is -3.00. The van der Waals surface area contributed by atoms with Gasteiger partial charge in [0.25, 0.3) is 0 Å². The van der Waals surface area contributed by atoms with E-state index in [9.17, 15) is 0 Å². The van der Waals surface area contributed by atoms with Crippen LogP contribution in [-0.4, -0.2) is 7.85 Å². The normalized spacial score (nSPS) is 11.5. The van der Waals surface area contributed by atoms with Gasteiger partial charge in [-0.05, 0) is 28.6 Å². The van der Waals surface area contributed by atoms with Gasteiger partial charge in [-0.25, -0.2) is 0 Å². The molecule has 0 aliphatic carbocycles. The molecular weight excluding hydrogens is 291 g/mol. The van der Waals surface area contributed by atoms with Gasteiger partial charge in [-0.15, -0.1) is 0 Å². The number of fused-ring (bicyclic) bond motifs is 5. The molecule has 2 heteroatoms. The Morgan fingerprint density at radius 1 is 0.625 bits per heavy atom. The number of furan rings is 1. The number of benzene rings is 4. The molecule has 0 radical (unpaired) electrons. The van der Waals surface area contributed by atoms with Crippen molar-refractivity contribution in [2.45, 2.75) is 0 Å². The minimum absolute atomic E-state index is 0.944. The fraction of sp³-hybridized carbons (Fsp3) is 0. The van der Waals surface area contributed by atoms with Crippen LogP contribution in [0.1, 0.15) is 0 Å². The number of para-hydroxylation sites is 1. The van der Waals surface area contributed by atoms with E-state index in [1.165, 1.54) is 38.1 Å². The van der Waals surface area contributed by atoms with E-state index in [4.69, 9.17) is 4.42 Å². The van der Waals surface area contributed by atoms with Crippen LogP contribution in [-0.2, 0) is 0 Å². The van der Waals surface area contributed by atoms with Crippen molar-refractivity contribution >= 4 is 46.0 Å². The maximum Gasteiger partial charge on any atom is 0.143 e. The predicted octanol–water partition coefficient (Wildman–Crippen LogP) is 4.66. The second-order valence-electron chi connectivity index (χ2n) is 6.31.